The molecule has 0 bridgehead atoms. The number of aryl methyl sites for hydroxylation is 1. The Morgan fingerprint density at radius 3 is 1.94 bits per heavy atom. The van der Waals surface area contributed by atoms with Crippen LogP contribution in [0.15, 0.2) is 48.5 Å². The molecular formula is C26H28F5N3O. The van der Waals surface area contributed by atoms with Crippen LogP contribution in [0.3, 0.4) is 0 Å². The van der Waals surface area contributed by atoms with Gasteiger partial charge in [-0.2, -0.15) is 27.2 Å². The monoisotopic (exact) mass is 493 g/mol. The molecule has 9 heteroatoms. The Bertz CT molecular complexity index is 1070. The summed E-state index contributed by atoms with van der Waals surface area (Å²) in [5.41, 5.74) is 1.09. The van der Waals surface area contributed by atoms with Crippen LogP contribution in [-0.4, -0.2) is 29.6 Å². The third kappa shape index (κ3) is 6.17. The normalized spacial score (nSPS) is 16.9. The van der Waals surface area contributed by atoms with E-state index in [1.54, 1.807) is 13.8 Å². The van der Waals surface area contributed by atoms with Gasteiger partial charge in [-0.05, 0) is 48.8 Å². The average molecular weight is 494 g/mol. The van der Waals surface area contributed by atoms with Gasteiger partial charge in [0, 0.05) is 0 Å². The molecular weight excluding hydrogens is 465 g/mol. The molecule has 2 atom stereocenters. The van der Waals surface area contributed by atoms with Crippen LogP contribution >= 0.6 is 0 Å². The van der Waals surface area contributed by atoms with Crippen molar-refractivity contribution in [2.24, 2.45) is 5.92 Å². The predicted molar refractivity (Wildman–Crippen MR) is 122 cm³/mol. The van der Waals surface area contributed by atoms with Crippen LogP contribution in [0.1, 0.15) is 50.3 Å². The Labute approximate surface area is 201 Å². The third-order valence-electron chi connectivity index (χ3n) is 6.09. The number of nitrogens with zero attached hydrogens (tertiary/aromatic N) is 1. The zero-order chi connectivity index (χ0) is 26.0. The highest BCUT2D eigenvalue weighted by Gasteiger charge is 2.63. The van der Waals surface area contributed by atoms with Gasteiger partial charge >= 0.3 is 12.1 Å². The second-order valence-corrected chi connectivity index (χ2v) is 9.57. The van der Waals surface area contributed by atoms with Crippen molar-refractivity contribution in [3.05, 3.63) is 59.7 Å². The highest BCUT2D eigenvalue weighted by Crippen LogP contribution is 2.45. The van der Waals surface area contributed by atoms with Crippen molar-refractivity contribution < 1.29 is 26.7 Å². The molecule has 3 rings (SSSR count). The zero-order valence-electron chi connectivity index (χ0n) is 19.7. The fourth-order valence-electron chi connectivity index (χ4n) is 3.82. The molecule has 0 unspecified atom stereocenters. The summed E-state index contributed by atoms with van der Waals surface area (Å²) >= 11 is 0. The predicted octanol–water partition coefficient (Wildman–Crippen LogP) is 6.08. The van der Waals surface area contributed by atoms with Crippen LogP contribution < -0.4 is 10.6 Å². The van der Waals surface area contributed by atoms with E-state index in [1.807, 2.05) is 37.3 Å². The summed E-state index contributed by atoms with van der Waals surface area (Å²) in [5.74, 6) is -6.10. The Morgan fingerprint density at radius 2 is 1.51 bits per heavy atom. The van der Waals surface area contributed by atoms with Gasteiger partial charge in [-0.3, -0.25) is 10.1 Å². The molecule has 2 N–H and O–H groups in total. The minimum absolute atomic E-state index is 0.0131. The van der Waals surface area contributed by atoms with Crippen molar-refractivity contribution in [3.8, 4) is 17.2 Å². The van der Waals surface area contributed by atoms with E-state index in [1.165, 1.54) is 24.3 Å². The van der Waals surface area contributed by atoms with Crippen LogP contribution in [0.25, 0.3) is 11.1 Å². The number of benzene rings is 2. The Balaban J connectivity index is 1.94. The van der Waals surface area contributed by atoms with Crippen molar-refractivity contribution in [1.82, 2.24) is 10.6 Å². The summed E-state index contributed by atoms with van der Waals surface area (Å²) in [6.07, 6.45) is -5.01. The smallest absolute Gasteiger partial charge is 0.336 e. The number of hydrogen-bond donors (Lipinski definition) is 2. The maximum absolute atomic E-state index is 14.8. The van der Waals surface area contributed by atoms with E-state index in [4.69, 9.17) is 0 Å². The van der Waals surface area contributed by atoms with Gasteiger partial charge in [0.1, 0.15) is 11.6 Å². The molecule has 0 saturated heterocycles. The van der Waals surface area contributed by atoms with Crippen LogP contribution in [0.5, 0.6) is 0 Å². The van der Waals surface area contributed by atoms with Crippen molar-refractivity contribution in [2.45, 2.75) is 69.8 Å². The number of alkyl halides is 5. The summed E-state index contributed by atoms with van der Waals surface area (Å²) in [4.78, 5) is 12.9. The lowest BCUT2D eigenvalue weighted by Gasteiger charge is -2.33. The lowest BCUT2D eigenvalue weighted by molar-refractivity contribution is -0.295. The van der Waals surface area contributed by atoms with Gasteiger partial charge in [-0.1, -0.05) is 67.9 Å². The van der Waals surface area contributed by atoms with E-state index in [9.17, 15) is 32.0 Å². The number of nitrogens with one attached hydrogen (secondary N) is 2. The average Bonchev–Trinajstić information content (AvgIpc) is 3.56. The molecule has 0 radical (unpaired) electrons. The number of amides is 1. The number of hydrogen-bond acceptors (Lipinski definition) is 3. The molecule has 1 saturated carbocycles. The van der Waals surface area contributed by atoms with Crippen molar-refractivity contribution in [2.75, 3.05) is 0 Å². The van der Waals surface area contributed by atoms with Gasteiger partial charge in [0.2, 0.25) is 5.91 Å². The topological polar surface area (TPSA) is 64.9 Å². The first-order valence-electron chi connectivity index (χ1n) is 11.4. The molecule has 1 aliphatic rings. The van der Waals surface area contributed by atoms with E-state index in [-0.39, 0.29) is 17.9 Å². The van der Waals surface area contributed by atoms with Gasteiger partial charge in [0.05, 0.1) is 12.1 Å². The Kier molecular flexibility index (Phi) is 7.56. The molecule has 2 aromatic rings. The van der Waals surface area contributed by atoms with Gasteiger partial charge in [-0.25, -0.2) is 0 Å². The van der Waals surface area contributed by atoms with Crippen molar-refractivity contribution in [3.63, 3.8) is 0 Å². The highest BCUT2D eigenvalue weighted by atomic mass is 19.4. The van der Waals surface area contributed by atoms with Gasteiger partial charge < -0.3 is 5.32 Å². The molecule has 0 aromatic heterocycles. The first-order valence-corrected chi connectivity index (χ1v) is 11.4. The van der Waals surface area contributed by atoms with Crippen molar-refractivity contribution >= 4 is 5.91 Å². The second-order valence-electron chi connectivity index (χ2n) is 9.57. The molecule has 1 aliphatic carbocycles. The number of carbonyl (C=O) groups is 1. The maximum atomic E-state index is 14.8. The zero-order valence-corrected chi connectivity index (χ0v) is 19.7. The summed E-state index contributed by atoms with van der Waals surface area (Å²) in [6.45, 7) is 5.37. The van der Waals surface area contributed by atoms with Crippen LogP contribution in [0, 0.1) is 24.2 Å². The molecule has 0 heterocycles. The molecule has 1 fully saturated rings. The first-order chi connectivity index (χ1) is 16.3. The van der Waals surface area contributed by atoms with E-state index in [0.717, 1.165) is 11.1 Å². The molecule has 35 heavy (non-hydrogen) atoms. The molecule has 2 aromatic carbocycles. The third-order valence-corrected chi connectivity index (χ3v) is 6.09. The standard InChI is InChI=1S/C26H28F5N3O/c1-16(2)14-21(23(35)34-24(15-32)12-13-24)33-22(25(27,28)26(29,30)31)20-10-8-19(9-11-20)18-6-4-17(3)5-7-18/h4-11,16,21-22,33H,12-14H2,1-3H3,(H,34,35)/t21-,22-/m0/s1. The summed E-state index contributed by atoms with van der Waals surface area (Å²) in [7, 11) is 0. The quantitative estimate of drug-likeness (QED) is 0.417. The summed E-state index contributed by atoms with van der Waals surface area (Å²) in [6, 6.07) is 10.9. The fraction of sp³-hybridized carbons (Fsp3) is 0.462. The highest BCUT2D eigenvalue weighted by molar-refractivity contribution is 5.83. The second kappa shape index (κ2) is 9.94. The SMILES string of the molecule is Cc1ccc(-c2ccc([C@H](N[C@@H](CC(C)C)C(=O)NC3(C#N)CC3)C(F)(F)C(F)(F)F)cc2)cc1. The van der Waals surface area contributed by atoms with E-state index >= 15 is 0 Å². The molecule has 4 nitrogen and oxygen atoms in total. The number of rotatable bonds is 9. The van der Waals surface area contributed by atoms with Crippen LogP contribution in [-0.2, 0) is 4.79 Å². The van der Waals surface area contributed by atoms with Crippen LogP contribution in [0.2, 0.25) is 0 Å². The van der Waals surface area contributed by atoms with Crippen molar-refractivity contribution in [1.29, 1.82) is 5.26 Å². The molecule has 0 spiro atoms. The van der Waals surface area contributed by atoms with E-state index in [0.29, 0.717) is 18.4 Å². The van der Waals surface area contributed by atoms with Gasteiger partial charge in [-0.15, -0.1) is 0 Å². The minimum Gasteiger partial charge on any atom is -0.336 e. The van der Waals surface area contributed by atoms with E-state index in [2.05, 4.69) is 10.6 Å². The fourth-order valence-corrected chi connectivity index (χ4v) is 3.82. The van der Waals surface area contributed by atoms with Crippen LogP contribution in [0.4, 0.5) is 22.0 Å². The minimum atomic E-state index is -5.84. The van der Waals surface area contributed by atoms with Gasteiger partial charge in [0.15, 0.2) is 0 Å². The largest absolute Gasteiger partial charge is 0.455 e. The number of nitriles is 1. The Morgan fingerprint density at radius 1 is 1.00 bits per heavy atom. The lowest BCUT2D eigenvalue weighted by Crippen LogP contribution is -2.55. The lowest BCUT2D eigenvalue weighted by atomic mass is 9.94. The first kappa shape index (κ1) is 26.6. The van der Waals surface area contributed by atoms with Gasteiger partial charge in [0.25, 0.3) is 0 Å². The number of carbonyl (C=O) groups excluding carboxylic acids is 1. The maximum Gasteiger partial charge on any atom is 0.455 e. The summed E-state index contributed by atoms with van der Waals surface area (Å²) in [5, 5.41) is 14.1. The summed E-state index contributed by atoms with van der Waals surface area (Å²) < 4.78 is 69.9. The molecule has 0 aliphatic heterocycles. The molecule has 188 valence electrons. The number of halogens is 5. The van der Waals surface area contributed by atoms with E-state index < -0.39 is 35.6 Å². The molecule has 1 amide bonds. The Hall–Kier alpha value is -2.99.